The Balaban J connectivity index is 1.34. The number of hydrogen-bond acceptors (Lipinski definition) is 5. The Morgan fingerprint density at radius 1 is 1.11 bits per heavy atom. The first kappa shape index (κ1) is 16.9. The van der Waals surface area contributed by atoms with Crippen molar-refractivity contribution in [2.45, 2.75) is 63.1 Å². The third-order valence-electron chi connectivity index (χ3n) is 6.43. The zero-order valence-electron chi connectivity index (χ0n) is 15.6. The van der Waals surface area contributed by atoms with Crippen LogP contribution >= 0.6 is 0 Å². The Labute approximate surface area is 159 Å². The summed E-state index contributed by atoms with van der Waals surface area (Å²) < 4.78 is 5.54. The van der Waals surface area contributed by atoms with E-state index in [2.05, 4.69) is 40.4 Å². The highest BCUT2D eigenvalue weighted by Crippen LogP contribution is 2.48. The molecule has 142 valence electrons. The van der Waals surface area contributed by atoms with Crippen molar-refractivity contribution in [2.75, 3.05) is 13.1 Å². The largest absolute Gasteiger partial charge is 0.337 e. The highest BCUT2D eigenvalue weighted by atomic mass is 16.5. The molecule has 0 bridgehead atoms. The van der Waals surface area contributed by atoms with Crippen LogP contribution in [0.5, 0.6) is 0 Å². The molecule has 6 nitrogen and oxygen atoms in total. The van der Waals surface area contributed by atoms with Crippen LogP contribution in [0.3, 0.4) is 0 Å². The Morgan fingerprint density at radius 3 is 2.85 bits per heavy atom. The van der Waals surface area contributed by atoms with Crippen LogP contribution in [-0.2, 0) is 11.3 Å². The van der Waals surface area contributed by atoms with E-state index in [0.717, 1.165) is 38.2 Å². The molecular weight excluding hydrogens is 340 g/mol. The molecule has 1 aromatic heterocycles. The quantitative estimate of drug-likeness (QED) is 0.831. The van der Waals surface area contributed by atoms with Crippen molar-refractivity contribution in [3.05, 3.63) is 47.6 Å². The van der Waals surface area contributed by atoms with Gasteiger partial charge in [-0.05, 0) is 44.2 Å². The molecule has 1 amide bonds. The maximum Gasteiger partial charge on any atom is 0.246 e. The molecule has 2 aromatic rings. The van der Waals surface area contributed by atoms with Gasteiger partial charge >= 0.3 is 0 Å². The van der Waals surface area contributed by atoms with Gasteiger partial charge in [-0.1, -0.05) is 35.5 Å². The lowest BCUT2D eigenvalue weighted by Gasteiger charge is -2.24. The van der Waals surface area contributed by atoms with E-state index in [1.807, 2.05) is 4.90 Å². The first-order chi connectivity index (χ1) is 13.3. The van der Waals surface area contributed by atoms with Crippen molar-refractivity contribution >= 4 is 5.91 Å². The van der Waals surface area contributed by atoms with Crippen molar-refractivity contribution < 1.29 is 9.32 Å². The maximum absolute atomic E-state index is 12.0. The monoisotopic (exact) mass is 366 g/mol. The lowest BCUT2D eigenvalue weighted by Crippen LogP contribution is -2.34. The van der Waals surface area contributed by atoms with Crippen LogP contribution in [0.15, 0.2) is 34.9 Å². The van der Waals surface area contributed by atoms with E-state index >= 15 is 0 Å². The van der Waals surface area contributed by atoms with Gasteiger partial charge in [-0.3, -0.25) is 9.69 Å². The summed E-state index contributed by atoms with van der Waals surface area (Å²) >= 11 is 0. The first-order valence-corrected chi connectivity index (χ1v) is 10.2. The molecule has 0 spiro atoms. The average molecular weight is 366 g/mol. The van der Waals surface area contributed by atoms with Gasteiger partial charge in [0, 0.05) is 31.0 Å². The molecule has 6 heteroatoms. The summed E-state index contributed by atoms with van der Waals surface area (Å²) in [6.45, 7) is 2.40. The van der Waals surface area contributed by atoms with Gasteiger partial charge in [0.05, 0.1) is 6.54 Å². The SMILES string of the molecule is O=C1CCCCN1Cc1nc([C@@H]2C[C@H](c3ccccc3)N3CCC[C@@H]23)no1. The Morgan fingerprint density at radius 2 is 2.00 bits per heavy atom. The van der Waals surface area contributed by atoms with Crippen molar-refractivity contribution in [2.24, 2.45) is 0 Å². The number of fused-ring (bicyclic) bond motifs is 1. The fraction of sp³-hybridized carbons (Fsp3) is 0.571. The van der Waals surface area contributed by atoms with E-state index < -0.39 is 0 Å². The molecule has 3 aliphatic heterocycles. The molecule has 27 heavy (non-hydrogen) atoms. The second-order valence-corrected chi connectivity index (χ2v) is 8.03. The van der Waals surface area contributed by atoms with Gasteiger partial charge < -0.3 is 9.42 Å². The molecular formula is C21H26N4O2. The number of carbonyl (C=O) groups excluding carboxylic acids is 1. The Hall–Kier alpha value is -2.21. The second kappa shape index (κ2) is 7.08. The minimum atomic E-state index is 0.202. The van der Waals surface area contributed by atoms with Crippen LogP contribution in [0, 0.1) is 0 Å². The summed E-state index contributed by atoms with van der Waals surface area (Å²) in [6.07, 6.45) is 6.16. The molecule has 3 aliphatic rings. The van der Waals surface area contributed by atoms with Crippen LogP contribution in [0.4, 0.5) is 0 Å². The van der Waals surface area contributed by atoms with Crippen molar-refractivity contribution in [3.63, 3.8) is 0 Å². The summed E-state index contributed by atoms with van der Waals surface area (Å²) in [7, 11) is 0. The van der Waals surface area contributed by atoms with Gasteiger partial charge in [0.15, 0.2) is 5.82 Å². The number of aromatic nitrogens is 2. The van der Waals surface area contributed by atoms with Gasteiger partial charge in [0.1, 0.15) is 0 Å². The number of nitrogens with zero attached hydrogens (tertiary/aromatic N) is 4. The molecule has 0 aliphatic carbocycles. The molecule has 3 saturated heterocycles. The molecule has 0 unspecified atom stereocenters. The number of rotatable bonds is 4. The van der Waals surface area contributed by atoms with Crippen LogP contribution in [0.2, 0.25) is 0 Å². The van der Waals surface area contributed by atoms with Crippen LogP contribution in [-0.4, -0.2) is 45.0 Å². The molecule has 0 radical (unpaired) electrons. The van der Waals surface area contributed by atoms with E-state index in [1.165, 1.54) is 18.4 Å². The summed E-state index contributed by atoms with van der Waals surface area (Å²) in [5, 5.41) is 4.33. The number of hydrogen-bond donors (Lipinski definition) is 0. The predicted molar refractivity (Wildman–Crippen MR) is 99.8 cm³/mol. The maximum atomic E-state index is 12.0. The standard InChI is InChI=1S/C21H26N4O2/c26-20-10-4-5-11-24(20)14-19-22-21(23-27-19)16-13-18(15-7-2-1-3-8-15)25-12-6-9-17(16)25/h1-3,7-8,16-18H,4-6,9-14H2/t16-,17+,18-/m1/s1. The number of likely N-dealkylation sites (tertiary alicyclic amines) is 1. The number of benzene rings is 1. The minimum Gasteiger partial charge on any atom is -0.337 e. The van der Waals surface area contributed by atoms with E-state index in [4.69, 9.17) is 9.51 Å². The van der Waals surface area contributed by atoms with Gasteiger partial charge in [0.25, 0.3) is 0 Å². The zero-order chi connectivity index (χ0) is 18.2. The van der Waals surface area contributed by atoms with E-state index in [-0.39, 0.29) is 5.91 Å². The average Bonchev–Trinajstić information content (AvgIpc) is 3.41. The molecule has 4 heterocycles. The first-order valence-electron chi connectivity index (χ1n) is 10.2. The topological polar surface area (TPSA) is 62.5 Å². The molecule has 0 saturated carbocycles. The van der Waals surface area contributed by atoms with Crippen molar-refractivity contribution in [1.82, 2.24) is 19.9 Å². The van der Waals surface area contributed by atoms with Gasteiger partial charge in [-0.2, -0.15) is 4.98 Å². The molecule has 3 fully saturated rings. The molecule has 3 atom stereocenters. The summed E-state index contributed by atoms with van der Waals surface area (Å²) in [5.74, 6) is 1.91. The highest BCUT2D eigenvalue weighted by Gasteiger charge is 2.46. The van der Waals surface area contributed by atoms with E-state index in [1.54, 1.807) is 0 Å². The normalized spacial score (nSPS) is 28.7. The number of piperidine rings is 1. The molecule has 0 N–H and O–H groups in total. The lowest BCUT2D eigenvalue weighted by molar-refractivity contribution is -0.134. The number of amides is 1. The summed E-state index contributed by atoms with van der Waals surface area (Å²) in [5.41, 5.74) is 1.38. The lowest BCUT2D eigenvalue weighted by atomic mass is 9.94. The van der Waals surface area contributed by atoms with Crippen molar-refractivity contribution in [1.29, 1.82) is 0 Å². The fourth-order valence-electron chi connectivity index (χ4n) is 5.12. The van der Waals surface area contributed by atoms with Crippen molar-refractivity contribution in [3.8, 4) is 0 Å². The van der Waals surface area contributed by atoms with Crippen LogP contribution in [0.1, 0.15) is 67.8 Å². The Kier molecular flexibility index (Phi) is 4.44. The molecule has 1 aromatic carbocycles. The Bertz CT molecular complexity index is 806. The predicted octanol–water partition coefficient (Wildman–Crippen LogP) is 3.28. The smallest absolute Gasteiger partial charge is 0.246 e. The van der Waals surface area contributed by atoms with E-state index in [0.29, 0.717) is 36.9 Å². The van der Waals surface area contributed by atoms with Gasteiger partial charge in [0.2, 0.25) is 11.8 Å². The third kappa shape index (κ3) is 3.16. The van der Waals surface area contributed by atoms with Crippen LogP contribution < -0.4 is 0 Å². The summed E-state index contributed by atoms with van der Waals surface area (Å²) in [4.78, 5) is 21.2. The van der Waals surface area contributed by atoms with Crippen LogP contribution in [0.25, 0.3) is 0 Å². The van der Waals surface area contributed by atoms with Gasteiger partial charge in [-0.25, -0.2) is 0 Å². The third-order valence-corrected chi connectivity index (χ3v) is 6.43. The van der Waals surface area contributed by atoms with Gasteiger partial charge in [-0.15, -0.1) is 0 Å². The summed E-state index contributed by atoms with van der Waals surface area (Å²) in [6, 6.07) is 11.7. The highest BCUT2D eigenvalue weighted by molar-refractivity contribution is 5.76. The minimum absolute atomic E-state index is 0.202. The molecule has 5 rings (SSSR count). The number of carbonyl (C=O) groups is 1. The zero-order valence-corrected chi connectivity index (χ0v) is 15.6. The second-order valence-electron chi connectivity index (χ2n) is 8.03. The fourth-order valence-corrected chi connectivity index (χ4v) is 5.12. The van der Waals surface area contributed by atoms with E-state index in [9.17, 15) is 4.79 Å².